The van der Waals surface area contributed by atoms with Gasteiger partial charge in [0.25, 0.3) is 6.08 Å². The summed E-state index contributed by atoms with van der Waals surface area (Å²) in [6, 6.07) is 0. The van der Waals surface area contributed by atoms with Crippen molar-refractivity contribution in [1.82, 2.24) is 0 Å². The SMILES string of the molecule is C.C.C.C.C.CC1CCC(CC2CCC(CC3CCC(CC=C(F)F)CC3)CC2)CC1. The van der Waals surface area contributed by atoms with Gasteiger partial charge in [-0.05, 0) is 73.7 Å². The molecule has 3 saturated carbocycles. The van der Waals surface area contributed by atoms with Crippen LogP contribution >= 0.6 is 0 Å². The minimum absolute atomic E-state index is 0. The molecule has 0 unspecified atom stereocenters. The lowest BCUT2D eigenvalue weighted by molar-refractivity contribution is 0.166. The van der Waals surface area contributed by atoms with Gasteiger partial charge < -0.3 is 0 Å². The summed E-state index contributed by atoms with van der Waals surface area (Å²) < 4.78 is 24.5. The predicted molar refractivity (Wildman–Crippen MR) is 140 cm³/mol. The van der Waals surface area contributed by atoms with Crippen LogP contribution in [-0.4, -0.2) is 0 Å². The average molecular weight is 447 g/mol. The maximum Gasteiger partial charge on any atom is 0.266 e. The van der Waals surface area contributed by atoms with Gasteiger partial charge in [-0.3, -0.25) is 0 Å². The fourth-order valence-electron chi connectivity index (χ4n) is 6.17. The van der Waals surface area contributed by atoms with Gasteiger partial charge >= 0.3 is 0 Å². The van der Waals surface area contributed by atoms with E-state index in [0.717, 1.165) is 35.7 Å². The minimum atomic E-state index is -1.49. The molecule has 0 heterocycles. The lowest BCUT2D eigenvalue weighted by Gasteiger charge is -2.36. The normalized spacial score (nSPS) is 32.5. The zero-order valence-corrected chi connectivity index (χ0v) is 16.9. The summed E-state index contributed by atoms with van der Waals surface area (Å²) in [6.45, 7) is 2.42. The van der Waals surface area contributed by atoms with Crippen molar-refractivity contribution in [2.24, 2.45) is 35.5 Å². The number of hydrogen-bond acceptors (Lipinski definition) is 0. The molecule has 0 radical (unpaired) electrons. The molecule has 0 nitrogen and oxygen atoms in total. The molecule has 0 amide bonds. The highest BCUT2D eigenvalue weighted by Gasteiger charge is 2.28. The molecule has 3 rings (SSSR count). The van der Waals surface area contributed by atoms with Gasteiger partial charge in [-0.15, -0.1) is 0 Å². The van der Waals surface area contributed by atoms with E-state index in [9.17, 15) is 8.78 Å². The number of allylic oxidation sites excluding steroid dienone is 1. The summed E-state index contributed by atoms with van der Waals surface area (Å²) in [5.74, 6) is 5.38. The van der Waals surface area contributed by atoms with Crippen molar-refractivity contribution < 1.29 is 8.78 Å². The van der Waals surface area contributed by atoms with Gasteiger partial charge in [0.2, 0.25) is 0 Å². The number of halogens is 2. The second-order valence-electron chi connectivity index (χ2n) is 10.1. The van der Waals surface area contributed by atoms with Gasteiger partial charge in [0.15, 0.2) is 0 Å². The molecule has 3 aliphatic carbocycles. The second-order valence-corrected chi connectivity index (χ2v) is 10.1. The Morgan fingerprint density at radius 3 is 1.16 bits per heavy atom. The molecular weight excluding hydrogens is 386 g/mol. The molecule has 0 aromatic rings. The molecule has 0 aromatic heterocycles. The Morgan fingerprint density at radius 2 is 0.839 bits per heavy atom. The first kappa shape index (κ1) is 35.2. The minimum Gasteiger partial charge on any atom is -0.174 e. The highest BCUT2D eigenvalue weighted by atomic mass is 19.3. The van der Waals surface area contributed by atoms with E-state index in [1.165, 1.54) is 89.9 Å². The average Bonchev–Trinajstić information content (AvgIpc) is 2.64. The summed E-state index contributed by atoms with van der Waals surface area (Å²) in [5, 5.41) is 0. The van der Waals surface area contributed by atoms with Gasteiger partial charge in [-0.1, -0.05) is 108 Å². The molecule has 0 spiro atoms. The van der Waals surface area contributed by atoms with Crippen LogP contribution in [0.25, 0.3) is 0 Å². The molecule has 2 heteroatoms. The Morgan fingerprint density at radius 1 is 0.548 bits per heavy atom. The van der Waals surface area contributed by atoms with Crippen molar-refractivity contribution in [3.05, 3.63) is 12.2 Å². The van der Waals surface area contributed by atoms with Crippen LogP contribution in [0.5, 0.6) is 0 Å². The number of rotatable bonds is 6. The fourth-order valence-corrected chi connectivity index (χ4v) is 6.17. The first-order chi connectivity index (χ1) is 12.6. The van der Waals surface area contributed by atoms with Gasteiger partial charge in [0.1, 0.15) is 0 Å². The Bertz CT molecular complexity index is 416. The Kier molecular flexibility index (Phi) is 20.5. The van der Waals surface area contributed by atoms with Gasteiger partial charge in [0, 0.05) is 0 Å². The van der Waals surface area contributed by atoms with Crippen LogP contribution in [0.2, 0.25) is 0 Å². The van der Waals surface area contributed by atoms with Gasteiger partial charge in [0.05, 0.1) is 0 Å². The first-order valence-electron chi connectivity index (χ1n) is 11.6. The molecule has 0 aromatic carbocycles. The van der Waals surface area contributed by atoms with Crippen LogP contribution in [-0.2, 0) is 0 Å². The summed E-state index contributed by atoms with van der Waals surface area (Å²) in [4.78, 5) is 0. The van der Waals surface area contributed by atoms with Crippen molar-refractivity contribution in [2.45, 2.75) is 140 Å². The monoisotopic (exact) mass is 446 g/mol. The molecule has 0 aliphatic heterocycles. The third-order valence-corrected chi connectivity index (χ3v) is 8.01. The molecule has 3 aliphatic rings. The lowest BCUT2D eigenvalue weighted by Crippen LogP contribution is -2.22. The third kappa shape index (κ3) is 12.4. The summed E-state index contributed by atoms with van der Waals surface area (Å²) >= 11 is 0. The zero-order chi connectivity index (χ0) is 18.4. The van der Waals surface area contributed by atoms with Crippen LogP contribution in [0.1, 0.15) is 140 Å². The topological polar surface area (TPSA) is 0 Å². The first-order valence-corrected chi connectivity index (χ1v) is 11.6. The summed E-state index contributed by atoms with van der Waals surface area (Å²) in [6.07, 6.45) is 19.9. The highest BCUT2D eigenvalue weighted by molar-refractivity contribution is 4.86. The molecule has 0 bridgehead atoms. The predicted octanol–water partition coefficient (Wildman–Crippen LogP) is 11.6. The van der Waals surface area contributed by atoms with E-state index in [1.54, 1.807) is 0 Å². The Hall–Kier alpha value is -0.400. The molecule has 190 valence electrons. The molecule has 0 atom stereocenters. The molecule has 0 N–H and O–H groups in total. The smallest absolute Gasteiger partial charge is 0.174 e. The lowest BCUT2D eigenvalue weighted by atomic mass is 9.70. The summed E-state index contributed by atoms with van der Waals surface area (Å²) in [5.41, 5.74) is 0. The van der Waals surface area contributed by atoms with Crippen molar-refractivity contribution >= 4 is 0 Å². The van der Waals surface area contributed by atoms with E-state index in [1.807, 2.05) is 0 Å². The van der Waals surface area contributed by atoms with Gasteiger partial charge in [-0.2, -0.15) is 8.78 Å². The highest BCUT2D eigenvalue weighted by Crippen LogP contribution is 2.42. The van der Waals surface area contributed by atoms with E-state index in [0.29, 0.717) is 12.3 Å². The van der Waals surface area contributed by atoms with E-state index < -0.39 is 6.08 Å². The van der Waals surface area contributed by atoms with Crippen LogP contribution in [0.3, 0.4) is 0 Å². The van der Waals surface area contributed by atoms with Crippen LogP contribution in [0.15, 0.2) is 12.2 Å². The molecular formula is C29H60F2. The van der Waals surface area contributed by atoms with Crippen LogP contribution in [0, 0.1) is 35.5 Å². The van der Waals surface area contributed by atoms with Crippen LogP contribution in [0.4, 0.5) is 8.78 Å². The van der Waals surface area contributed by atoms with Crippen molar-refractivity contribution in [3.63, 3.8) is 0 Å². The van der Waals surface area contributed by atoms with Gasteiger partial charge in [-0.25, -0.2) is 0 Å². The van der Waals surface area contributed by atoms with Crippen molar-refractivity contribution in [1.29, 1.82) is 0 Å². The molecule has 3 fully saturated rings. The van der Waals surface area contributed by atoms with E-state index in [2.05, 4.69) is 6.92 Å². The Balaban J connectivity index is -0.00000157. The van der Waals surface area contributed by atoms with Crippen molar-refractivity contribution in [3.8, 4) is 0 Å². The van der Waals surface area contributed by atoms with E-state index in [-0.39, 0.29) is 37.1 Å². The zero-order valence-electron chi connectivity index (χ0n) is 16.9. The summed E-state index contributed by atoms with van der Waals surface area (Å²) in [7, 11) is 0. The maximum absolute atomic E-state index is 12.2. The largest absolute Gasteiger partial charge is 0.266 e. The molecule has 0 saturated heterocycles. The Labute approximate surface area is 197 Å². The third-order valence-electron chi connectivity index (χ3n) is 8.01. The molecule has 31 heavy (non-hydrogen) atoms. The van der Waals surface area contributed by atoms with E-state index in [4.69, 9.17) is 0 Å². The number of hydrogen-bond donors (Lipinski definition) is 0. The standard InChI is InChI=1S/C24H40F2.5CH4/c1-18-2-4-20(5-3-18)16-22-10-12-23(13-11-22)17-21-8-6-19(7-9-21)14-15-24(25)26;;;;;/h15,18-23H,2-14,16-17H2,1H3;5*1H4. The van der Waals surface area contributed by atoms with E-state index >= 15 is 0 Å². The quantitative estimate of drug-likeness (QED) is 0.380. The van der Waals surface area contributed by atoms with Crippen molar-refractivity contribution in [2.75, 3.05) is 0 Å². The van der Waals surface area contributed by atoms with Crippen LogP contribution < -0.4 is 0 Å². The maximum atomic E-state index is 12.2. The fraction of sp³-hybridized carbons (Fsp3) is 0.931. The second kappa shape index (κ2) is 18.1.